The lowest BCUT2D eigenvalue weighted by molar-refractivity contribution is -0.126. The Morgan fingerprint density at radius 2 is 2.00 bits per heavy atom. The van der Waals surface area contributed by atoms with Gasteiger partial charge in [-0.25, -0.2) is 0 Å². The molecular formula is C17H27N3O. The Labute approximate surface area is 127 Å². The summed E-state index contributed by atoms with van der Waals surface area (Å²) in [6.45, 7) is 7.68. The molecule has 1 fully saturated rings. The number of carbonyl (C=O) groups excluding carboxylic acids is 1. The van der Waals surface area contributed by atoms with Gasteiger partial charge in [0.2, 0.25) is 5.91 Å². The van der Waals surface area contributed by atoms with Crippen molar-refractivity contribution < 1.29 is 4.79 Å². The van der Waals surface area contributed by atoms with Crippen LogP contribution >= 0.6 is 0 Å². The fourth-order valence-corrected chi connectivity index (χ4v) is 2.47. The molecule has 0 radical (unpaired) electrons. The minimum absolute atomic E-state index is 0.115. The average molecular weight is 289 g/mol. The van der Waals surface area contributed by atoms with Crippen LogP contribution in [0.1, 0.15) is 39.2 Å². The number of carbonyl (C=O) groups is 1. The molecule has 1 unspecified atom stereocenters. The molecule has 1 saturated carbocycles. The van der Waals surface area contributed by atoms with Crippen molar-refractivity contribution in [1.82, 2.24) is 10.2 Å². The number of amides is 1. The first kappa shape index (κ1) is 15.8. The number of anilines is 1. The third-order valence-electron chi connectivity index (χ3n) is 3.99. The molecule has 21 heavy (non-hydrogen) atoms. The van der Waals surface area contributed by atoms with Crippen LogP contribution in [0, 0.1) is 5.92 Å². The Bertz CT molecular complexity index is 483. The SMILES string of the molecule is CC(C)CNC(=O)C(C)N(Cc1ccccc1N)C1CC1. The zero-order chi connectivity index (χ0) is 15.4. The number of para-hydroxylation sites is 1. The Balaban J connectivity index is 2.01. The number of nitrogens with one attached hydrogen (secondary N) is 1. The summed E-state index contributed by atoms with van der Waals surface area (Å²) in [6.07, 6.45) is 2.35. The second-order valence-electron chi connectivity index (χ2n) is 6.42. The lowest BCUT2D eigenvalue weighted by Crippen LogP contribution is -2.46. The highest BCUT2D eigenvalue weighted by molar-refractivity contribution is 5.81. The highest BCUT2D eigenvalue weighted by atomic mass is 16.2. The third kappa shape index (κ3) is 4.46. The van der Waals surface area contributed by atoms with Gasteiger partial charge in [0.1, 0.15) is 0 Å². The number of rotatable bonds is 7. The predicted molar refractivity (Wildman–Crippen MR) is 86.7 cm³/mol. The maximum atomic E-state index is 12.3. The summed E-state index contributed by atoms with van der Waals surface area (Å²) in [4.78, 5) is 14.6. The summed E-state index contributed by atoms with van der Waals surface area (Å²) in [7, 11) is 0. The Kier molecular flexibility index (Phi) is 5.23. The molecule has 1 aliphatic rings. The van der Waals surface area contributed by atoms with Crippen molar-refractivity contribution in [3.63, 3.8) is 0 Å². The maximum Gasteiger partial charge on any atom is 0.237 e. The van der Waals surface area contributed by atoms with E-state index in [4.69, 9.17) is 5.73 Å². The van der Waals surface area contributed by atoms with Crippen LogP contribution in [0.4, 0.5) is 5.69 Å². The Hall–Kier alpha value is -1.55. The largest absolute Gasteiger partial charge is 0.398 e. The molecule has 4 heteroatoms. The van der Waals surface area contributed by atoms with Gasteiger partial charge in [0.25, 0.3) is 0 Å². The number of hydrogen-bond acceptors (Lipinski definition) is 3. The Morgan fingerprint density at radius 1 is 1.33 bits per heavy atom. The van der Waals surface area contributed by atoms with Crippen LogP contribution in [0.3, 0.4) is 0 Å². The number of benzene rings is 1. The van der Waals surface area contributed by atoms with Crippen LogP contribution in [0.5, 0.6) is 0 Å². The van der Waals surface area contributed by atoms with Gasteiger partial charge in [0.15, 0.2) is 0 Å². The van der Waals surface area contributed by atoms with Crippen molar-refractivity contribution in [2.24, 2.45) is 5.92 Å². The van der Waals surface area contributed by atoms with E-state index < -0.39 is 0 Å². The van der Waals surface area contributed by atoms with Gasteiger partial charge >= 0.3 is 0 Å². The van der Waals surface area contributed by atoms with E-state index in [1.807, 2.05) is 31.2 Å². The summed E-state index contributed by atoms with van der Waals surface area (Å²) < 4.78 is 0. The van der Waals surface area contributed by atoms with Crippen LogP contribution < -0.4 is 11.1 Å². The molecule has 4 nitrogen and oxygen atoms in total. The van der Waals surface area contributed by atoms with Crippen molar-refractivity contribution in [2.75, 3.05) is 12.3 Å². The molecule has 0 spiro atoms. The van der Waals surface area contributed by atoms with Crippen LogP contribution in [0.2, 0.25) is 0 Å². The van der Waals surface area contributed by atoms with E-state index in [1.54, 1.807) is 0 Å². The fourth-order valence-electron chi connectivity index (χ4n) is 2.47. The highest BCUT2D eigenvalue weighted by Gasteiger charge is 2.35. The van der Waals surface area contributed by atoms with Gasteiger partial charge in [-0.2, -0.15) is 0 Å². The number of hydrogen-bond donors (Lipinski definition) is 2. The predicted octanol–water partition coefficient (Wildman–Crippen LogP) is 2.39. The first-order valence-corrected chi connectivity index (χ1v) is 7.86. The van der Waals surface area contributed by atoms with E-state index in [9.17, 15) is 4.79 Å². The molecule has 2 rings (SSSR count). The minimum Gasteiger partial charge on any atom is -0.398 e. The van der Waals surface area contributed by atoms with Crippen LogP contribution in [0.15, 0.2) is 24.3 Å². The molecular weight excluding hydrogens is 262 g/mol. The van der Waals surface area contributed by atoms with E-state index in [0.717, 1.165) is 24.3 Å². The first-order valence-electron chi connectivity index (χ1n) is 7.86. The number of nitrogens with two attached hydrogens (primary N) is 1. The standard InChI is InChI=1S/C17H27N3O/c1-12(2)10-19-17(21)13(3)20(15-8-9-15)11-14-6-4-5-7-16(14)18/h4-7,12-13,15H,8-11,18H2,1-3H3,(H,19,21). The molecule has 1 amide bonds. The lowest BCUT2D eigenvalue weighted by atomic mass is 10.1. The zero-order valence-corrected chi connectivity index (χ0v) is 13.3. The summed E-state index contributed by atoms with van der Waals surface area (Å²) >= 11 is 0. The fraction of sp³-hybridized carbons (Fsp3) is 0.588. The van der Waals surface area contributed by atoms with Crippen LogP contribution in [-0.2, 0) is 11.3 Å². The zero-order valence-electron chi connectivity index (χ0n) is 13.3. The van der Waals surface area contributed by atoms with Crippen molar-refractivity contribution in [3.05, 3.63) is 29.8 Å². The van der Waals surface area contributed by atoms with E-state index in [1.165, 1.54) is 12.8 Å². The van der Waals surface area contributed by atoms with Crippen molar-refractivity contribution in [1.29, 1.82) is 0 Å². The van der Waals surface area contributed by atoms with Gasteiger partial charge in [-0.3, -0.25) is 9.69 Å². The van der Waals surface area contributed by atoms with Crippen molar-refractivity contribution >= 4 is 11.6 Å². The molecule has 0 heterocycles. The van der Waals surface area contributed by atoms with Crippen LogP contribution in [-0.4, -0.2) is 29.4 Å². The van der Waals surface area contributed by atoms with Gasteiger partial charge in [-0.15, -0.1) is 0 Å². The molecule has 0 bridgehead atoms. The molecule has 0 saturated heterocycles. The molecule has 3 N–H and O–H groups in total. The first-order chi connectivity index (χ1) is 9.99. The number of nitrogens with zero attached hydrogens (tertiary/aromatic N) is 1. The molecule has 0 aliphatic heterocycles. The summed E-state index contributed by atoms with van der Waals surface area (Å²) in [5.41, 5.74) is 7.95. The van der Waals surface area contributed by atoms with Crippen molar-refractivity contribution in [2.45, 2.75) is 52.2 Å². The highest BCUT2D eigenvalue weighted by Crippen LogP contribution is 2.31. The summed E-state index contributed by atoms with van der Waals surface area (Å²) in [6, 6.07) is 8.31. The van der Waals surface area contributed by atoms with Crippen molar-refractivity contribution in [3.8, 4) is 0 Å². The summed E-state index contributed by atoms with van der Waals surface area (Å²) in [5.74, 6) is 0.588. The van der Waals surface area contributed by atoms with Gasteiger partial charge in [0.05, 0.1) is 6.04 Å². The minimum atomic E-state index is -0.115. The van der Waals surface area contributed by atoms with Gasteiger partial charge in [0, 0.05) is 24.8 Å². The molecule has 1 aliphatic carbocycles. The Morgan fingerprint density at radius 3 is 2.57 bits per heavy atom. The van der Waals surface area contributed by atoms with E-state index in [0.29, 0.717) is 12.0 Å². The topological polar surface area (TPSA) is 58.4 Å². The van der Waals surface area contributed by atoms with E-state index in [2.05, 4.69) is 24.1 Å². The van der Waals surface area contributed by atoms with Gasteiger partial charge < -0.3 is 11.1 Å². The molecule has 1 aromatic carbocycles. The average Bonchev–Trinajstić information content (AvgIpc) is 3.27. The monoisotopic (exact) mass is 289 g/mol. The smallest absolute Gasteiger partial charge is 0.237 e. The van der Waals surface area contributed by atoms with Gasteiger partial charge in [-0.1, -0.05) is 32.0 Å². The second-order valence-corrected chi connectivity index (χ2v) is 6.42. The van der Waals surface area contributed by atoms with E-state index >= 15 is 0 Å². The number of nitrogen functional groups attached to an aromatic ring is 1. The maximum absolute atomic E-state index is 12.3. The molecule has 0 aromatic heterocycles. The lowest BCUT2D eigenvalue weighted by Gasteiger charge is -2.29. The molecule has 116 valence electrons. The second kappa shape index (κ2) is 6.94. The summed E-state index contributed by atoms with van der Waals surface area (Å²) in [5, 5.41) is 3.03. The van der Waals surface area contributed by atoms with Gasteiger partial charge in [-0.05, 0) is 37.3 Å². The molecule has 1 atom stereocenters. The molecule has 1 aromatic rings. The van der Waals surface area contributed by atoms with Crippen LogP contribution in [0.25, 0.3) is 0 Å². The quantitative estimate of drug-likeness (QED) is 0.758. The van der Waals surface area contributed by atoms with E-state index in [-0.39, 0.29) is 11.9 Å². The normalized spacial score (nSPS) is 16.2. The third-order valence-corrected chi connectivity index (χ3v) is 3.99.